The molecule has 1 N–H and O–H groups in total. The molecule has 0 aliphatic carbocycles. The molecule has 3 heteroatoms. The Balaban J connectivity index is 1.37. The lowest BCUT2D eigenvalue weighted by atomic mass is 10.1. The average Bonchev–Trinajstić information content (AvgIpc) is 2.74. The predicted octanol–water partition coefficient (Wildman–Crippen LogP) is 6.99. The SMILES string of the molecule is Cc1ccc(NCc2ccc(OCc3cccc4ccccc34)cc2)cc1Cl. The Kier molecular flexibility index (Phi) is 5.50. The first-order valence-electron chi connectivity index (χ1n) is 9.37. The second-order valence-corrected chi connectivity index (χ2v) is 7.30. The Morgan fingerprint density at radius 1 is 0.857 bits per heavy atom. The van der Waals surface area contributed by atoms with Crippen LogP contribution in [0.25, 0.3) is 10.8 Å². The number of rotatable bonds is 6. The minimum absolute atomic E-state index is 0.556. The van der Waals surface area contributed by atoms with Gasteiger partial charge in [0, 0.05) is 17.3 Å². The summed E-state index contributed by atoms with van der Waals surface area (Å²) in [4.78, 5) is 0. The number of nitrogens with one attached hydrogen (secondary N) is 1. The van der Waals surface area contributed by atoms with E-state index in [2.05, 4.69) is 59.9 Å². The van der Waals surface area contributed by atoms with Crippen molar-refractivity contribution in [2.45, 2.75) is 20.1 Å². The summed E-state index contributed by atoms with van der Waals surface area (Å²) in [6, 6.07) is 28.9. The van der Waals surface area contributed by atoms with Gasteiger partial charge in [0.2, 0.25) is 0 Å². The maximum Gasteiger partial charge on any atom is 0.119 e. The zero-order valence-corrected chi connectivity index (χ0v) is 16.5. The molecule has 140 valence electrons. The first-order valence-corrected chi connectivity index (χ1v) is 9.75. The second-order valence-electron chi connectivity index (χ2n) is 6.89. The predicted molar refractivity (Wildman–Crippen MR) is 118 cm³/mol. The van der Waals surface area contributed by atoms with Crippen LogP contribution in [0.5, 0.6) is 5.75 Å². The van der Waals surface area contributed by atoms with Crippen LogP contribution < -0.4 is 10.1 Å². The summed E-state index contributed by atoms with van der Waals surface area (Å²) in [6.45, 7) is 3.30. The third-order valence-electron chi connectivity index (χ3n) is 4.87. The number of benzene rings is 4. The standard InChI is InChI=1S/C25H22ClNO/c1-18-9-12-22(15-25(18)26)27-16-19-10-13-23(14-11-19)28-17-21-7-4-6-20-5-2-3-8-24(20)21/h2-15,27H,16-17H2,1H3. The van der Waals surface area contributed by atoms with E-state index in [-0.39, 0.29) is 0 Å². The molecule has 0 aliphatic rings. The molecule has 0 radical (unpaired) electrons. The molecule has 0 saturated heterocycles. The lowest BCUT2D eigenvalue weighted by Gasteiger charge is -2.11. The fraction of sp³-hybridized carbons (Fsp3) is 0.120. The molecule has 0 heterocycles. The van der Waals surface area contributed by atoms with Crippen LogP contribution in [0.15, 0.2) is 84.9 Å². The fourth-order valence-corrected chi connectivity index (χ4v) is 3.37. The molecule has 0 bridgehead atoms. The number of ether oxygens (including phenoxy) is 1. The van der Waals surface area contributed by atoms with E-state index in [1.54, 1.807) is 0 Å². The minimum atomic E-state index is 0.556. The number of aryl methyl sites for hydroxylation is 1. The summed E-state index contributed by atoms with van der Waals surface area (Å²) < 4.78 is 6.01. The average molecular weight is 388 g/mol. The summed E-state index contributed by atoms with van der Waals surface area (Å²) in [6.07, 6.45) is 0. The van der Waals surface area contributed by atoms with Gasteiger partial charge in [-0.15, -0.1) is 0 Å². The Labute approximate surface area is 170 Å². The molecular formula is C25H22ClNO. The highest BCUT2D eigenvalue weighted by atomic mass is 35.5. The topological polar surface area (TPSA) is 21.3 Å². The maximum atomic E-state index is 6.18. The molecule has 4 aromatic rings. The number of halogens is 1. The van der Waals surface area contributed by atoms with E-state index in [0.717, 1.165) is 28.6 Å². The molecule has 0 fully saturated rings. The monoisotopic (exact) mass is 387 g/mol. The Morgan fingerprint density at radius 3 is 2.46 bits per heavy atom. The molecule has 4 rings (SSSR count). The van der Waals surface area contributed by atoms with Gasteiger partial charge in [-0.25, -0.2) is 0 Å². The van der Waals surface area contributed by atoms with Crippen molar-refractivity contribution >= 4 is 28.1 Å². The van der Waals surface area contributed by atoms with Crippen LogP contribution >= 0.6 is 11.6 Å². The van der Waals surface area contributed by atoms with Crippen LogP contribution in [0.3, 0.4) is 0 Å². The summed E-state index contributed by atoms with van der Waals surface area (Å²) in [5.74, 6) is 0.870. The van der Waals surface area contributed by atoms with E-state index < -0.39 is 0 Å². The maximum absolute atomic E-state index is 6.18. The summed E-state index contributed by atoms with van der Waals surface area (Å²) >= 11 is 6.18. The largest absolute Gasteiger partial charge is 0.489 e. The minimum Gasteiger partial charge on any atom is -0.489 e. The first-order chi connectivity index (χ1) is 13.7. The smallest absolute Gasteiger partial charge is 0.119 e. The van der Waals surface area contributed by atoms with Crippen LogP contribution in [0.2, 0.25) is 5.02 Å². The van der Waals surface area contributed by atoms with Crippen molar-refractivity contribution in [3.05, 3.63) is 107 Å². The third kappa shape index (κ3) is 4.29. The molecule has 0 aromatic heterocycles. The van der Waals surface area contributed by atoms with E-state index >= 15 is 0 Å². The van der Waals surface area contributed by atoms with Crippen molar-refractivity contribution in [1.82, 2.24) is 0 Å². The van der Waals surface area contributed by atoms with E-state index in [4.69, 9.17) is 16.3 Å². The lowest BCUT2D eigenvalue weighted by molar-refractivity contribution is 0.307. The zero-order valence-electron chi connectivity index (χ0n) is 15.8. The fourth-order valence-electron chi connectivity index (χ4n) is 3.19. The highest BCUT2D eigenvalue weighted by Gasteiger charge is 2.03. The van der Waals surface area contributed by atoms with E-state index in [1.807, 2.05) is 37.3 Å². The normalized spacial score (nSPS) is 10.8. The van der Waals surface area contributed by atoms with Crippen molar-refractivity contribution in [3.8, 4) is 5.75 Å². The van der Waals surface area contributed by atoms with Gasteiger partial charge in [0.25, 0.3) is 0 Å². The molecule has 2 nitrogen and oxygen atoms in total. The molecule has 0 aliphatic heterocycles. The molecule has 0 amide bonds. The van der Waals surface area contributed by atoms with Gasteiger partial charge in [-0.1, -0.05) is 72.3 Å². The Hall–Kier alpha value is -2.97. The molecule has 28 heavy (non-hydrogen) atoms. The van der Waals surface area contributed by atoms with Gasteiger partial charge in [0.15, 0.2) is 0 Å². The van der Waals surface area contributed by atoms with Gasteiger partial charge in [-0.3, -0.25) is 0 Å². The summed E-state index contributed by atoms with van der Waals surface area (Å²) in [5, 5.41) is 6.66. The highest BCUT2D eigenvalue weighted by molar-refractivity contribution is 6.31. The quantitative estimate of drug-likeness (QED) is 0.384. The van der Waals surface area contributed by atoms with Gasteiger partial charge < -0.3 is 10.1 Å². The van der Waals surface area contributed by atoms with Gasteiger partial charge >= 0.3 is 0 Å². The summed E-state index contributed by atoms with van der Waals surface area (Å²) in [7, 11) is 0. The van der Waals surface area contributed by atoms with Crippen molar-refractivity contribution in [2.75, 3.05) is 5.32 Å². The van der Waals surface area contributed by atoms with Gasteiger partial charge in [-0.2, -0.15) is 0 Å². The van der Waals surface area contributed by atoms with Crippen LogP contribution in [0, 0.1) is 6.92 Å². The number of hydrogen-bond acceptors (Lipinski definition) is 2. The number of hydrogen-bond donors (Lipinski definition) is 1. The van der Waals surface area contributed by atoms with Crippen molar-refractivity contribution < 1.29 is 4.74 Å². The van der Waals surface area contributed by atoms with Crippen LogP contribution in [-0.4, -0.2) is 0 Å². The van der Waals surface area contributed by atoms with Crippen molar-refractivity contribution in [3.63, 3.8) is 0 Å². The van der Waals surface area contributed by atoms with Crippen LogP contribution in [-0.2, 0) is 13.2 Å². The van der Waals surface area contributed by atoms with E-state index in [9.17, 15) is 0 Å². The van der Waals surface area contributed by atoms with Crippen LogP contribution in [0.1, 0.15) is 16.7 Å². The zero-order chi connectivity index (χ0) is 19.3. The number of anilines is 1. The van der Waals surface area contributed by atoms with E-state index in [1.165, 1.54) is 21.9 Å². The van der Waals surface area contributed by atoms with Crippen LogP contribution in [0.4, 0.5) is 5.69 Å². The number of fused-ring (bicyclic) bond motifs is 1. The third-order valence-corrected chi connectivity index (χ3v) is 5.27. The van der Waals surface area contributed by atoms with Gasteiger partial charge in [-0.05, 0) is 58.7 Å². The lowest BCUT2D eigenvalue weighted by Crippen LogP contribution is -2.00. The Morgan fingerprint density at radius 2 is 1.64 bits per heavy atom. The van der Waals surface area contributed by atoms with E-state index in [0.29, 0.717) is 6.61 Å². The van der Waals surface area contributed by atoms with Gasteiger partial charge in [0.1, 0.15) is 12.4 Å². The Bertz CT molecular complexity index is 1080. The second kappa shape index (κ2) is 8.37. The molecular weight excluding hydrogens is 366 g/mol. The molecule has 0 saturated carbocycles. The molecule has 0 atom stereocenters. The highest BCUT2D eigenvalue weighted by Crippen LogP contribution is 2.22. The molecule has 0 spiro atoms. The van der Waals surface area contributed by atoms with Crippen molar-refractivity contribution in [2.24, 2.45) is 0 Å². The van der Waals surface area contributed by atoms with Crippen molar-refractivity contribution in [1.29, 1.82) is 0 Å². The molecule has 0 unspecified atom stereocenters. The summed E-state index contributed by atoms with van der Waals surface area (Å²) in [5.41, 5.74) is 4.49. The molecule has 4 aromatic carbocycles. The first kappa shape index (κ1) is 18.4. The van der Waals surface area contributed by atoms with Gasteiger partial charge in [0.05, 0.1) is 0 Å².